The number of halogens is 2. The van der Waals surface area contributed by atoms with Gasteiger partial charge in [-0.05, 0) is 37.6 Å². The molecule has 0 spiro atoms. The fourth-order valence-electron chi connectivity index (χ4n) is 2.75. The quantitative estimate of drug-likeness (QED) is 0.894. The highest BCUT2D eigenvalue weighted by Crippen LogP contribution is 2.34. The molecule has 1 N–H and O–H groups in total. The first-order valence-corrected chi connectivity index (χ1v) is 8.87. The van der Waals surface area contributed by atoms with Crippen LogP contribution in [0.15, 0.2) is 18.2 Å². The molecule has 2 rings (SSSR count). The van der Waals surface area contributed by atoms with Gasteiger partial charge in [-0.15, -0.1) is 0 Å². The van der Waals surface area contributed by atoms with Crippen LogP contribution in [0.25, 0.3) is 0 Å². The van der Waals surface area contributed by atoms with E-state index < -0.39 is 33.6 Å². The zero-order chi connectivity index (χ0) is 15.6. The Morgan fingerprint density at radius 1 is 1.38 bits per heavy atom. The summed E-state index contributed by atoms with van der Waals surface area (Å²) >= 11 is 0. The third-order valence-corrected chi connectivity index (χ3v) is 4.69. The summed E-state index contributed by atoms with van der Waals surface area (Å²) < 4.78 is 49.5. The van der Waals surface area contributed by atoms with Crippen LogP contribution >= 0.6 is 0 Å². The summed E-state index contributed by atoms with van der Waals surface area (Å²) in [7, 11) is -3.05. The second-order valence-corrected chi connectivity index (χ2v) is 7.81. The van der Waals surface area contributed by atoms with Gasteiger partial charge in [0.25, 0.3) is 0 Å². The van der Waals surface area contributed by atoms with E-state index in [9.17, 15) is 22.3 Å². The molecule has 0 bridgehead atoms. The molecule has 0 unspecified atom stereocenters. The van der Waals surface area contributed by atoms with Gasteiger partial charge in [0.05, 0.1) is 11.9 Å². The normalized spacial score (nSPS) is 23.6. The standard InChI is InChI=1S/C14H19F2NO3S/c1-21(19,20)6-2-5-17-9-11(18)8-14(17)12-7-10(15)3-4-13(12)16/h3-4,7,11,14,18H,2,5-6,8-9H2,1H3/t11-,14+/m1/s1. The van der Waals surface area contributed by atoms with Gasteiger partial charge < -0.3 is 5.11 Å². The molecule has 7 heteroatoms. The number of benzene rings is 1. The number of hydrogen-bond acceptors (Lipinski definition) is 4. The molecule has 1 saturated heterocycles. The van der Waals surface area contributed by atoms with Crippen molar-refractivity contribution in [1.82, 2.24) is 4.90 Å². The maximum atomic E-state index is 13.9. The summed E-state index contributed by atoms with van der Waals surface area (Å²) in [5, 5.41) is 9.77. The average Bonchev–Trinajstić information content (AvgIpc) is 2.72. The van der Waals surface area contributed by atoms with E-state index in [1.807, 2.05) is 4.90 Å². The second-order valence-electron chi connectivity index (χ2n) is 5.55. The van der Waals surface area contributed by atoms with Gasteiger partial charge in [0.15, 0.2) is 0 Å². The van der Waals surface area contributed by atoms with Crippen molar-refractivity contribution in [2.75, 3.05) is 25.1 Å². The topological polar surface area (TPSA) is 57.6 Å². The van der Waals surface area contributed by atoms with Crippen molar-refractivity contribution in [3.8, 4) is 0 Å². The molecule has 2 atom stereocenters. The van der Waals surface area contributed by atoms with E-state index in [2.05, 4.69) is 0 Å². The summed E-state index contributed by atoms with van der Waals surface area (Å²) in [5.41, 5.74) is 0.214. The lowest BCUT2D eigenvalue weighted by molar-refractivity contribution is 0.175. The van der Waals surface area contributed by atoms with Crippen molar-refractivity contribution in [2.45, 2.75) is 25.0 Å². The van der Waals surface area contributed by atoms with Crippen molar-refractivity contribution in [3.63, 3.8) is 0 Å². The van der Waals surface area contributed by atoms with Crippen molar-refractivity contribution in [1.29, 1.82) is 0 Å². The summed E-state index contributed by atoms with van der Waals surface area (Å²) in [5.74, 6) is -0.995. The van der Waals surface area contributed by atoms with E-state index >= 15 is 0 Å². The molecule has 118 valence electrons. The molecule has 1 aliphatic rings. The van der Waals surface area contributed by atoms with Crippen LogP contribution in [-0.4, -0.2) is 49.6 Å². The van der Waals surface area contributed by atoms with Crippen molar-refractivity contribution in [2.24, 2.45) is 0 Å². The molecule has 0 aromatic heterocycles. The maximum absolute atomic E-state index is 13.9. The number of rotatable bonds is 5. The van der Waals surface area contributed by atoms with Crippen LogP contribution in [0.1, 0.15) is 24.4 Å². The van der Waals surface area contributed by atoms with Gasteiger partial charge >= 0.3 is 0 Å². The predicted molar refractivity (Wildman–Crippen MR) is 75.6 cm³/mol. The van der Waals surface area contributed by atoms with Gasteiger partial charge in [-0.25, -0.2) is 17.2 Å². The zero-order valence-corrected chi connectivity index (χ0v) is 12.6. The first-order valence-electron chi connectivity index (χ1n) is 6.81. The first-order chi connectivity index (χ1) is 9.76. The summed E-state index contributed by atoms with van der Waals surface area (Å²) in [4.78, 5) is 1.81. The summed E-state index contributed by atoms with van der Waals surface area (Å²) in [6.07, 6.45) is 1.27. The van der Waals surface area contributed by atoms with Gasteiger partial charge in [0.1, 0.15) is 21.5 Å². The Hall–Kier alpha value is -1.05. The smallest absolute Gasteiger partial charge is 0.147 e. The minimum absolute atomic E-state index is 0.0396. The molecule has 0 amide bonds. The van der Waals surface area contributed by atoms with E-state index in [4.69, 9.17) is 0 Å². The molecule has 0 saturated carbocycles. The number of sulfone groups is 1. The van der Waals surface area contributed by atoms with Crippen LogP contribution in [0, 0.1) is 11.6 Å². The minimum Gasteiger partial charge on any atom is -0.392 e. The monoisotopic (exact) mass is 319 g/mol. The summed E-state index contributed by atoms with van der Waals surface area (Å²) in [6, 6.07) is 2.85. The molecule has 1 fully saturated rings. The third kappa shape index (κ3) is 4.46. The number of nitrogens with zero attached hydrogens (tertiary/aromatic N) is 1. The lowest BCUT2D eigenvalue weighted by Crippen LogP contribution is -2.27. The maximum Gasteiger partial charge on any atom is 0.147 e. The Kier molecular flexibility index (Phi) is 4.95. The SMILES string of the molecule is CS(=O)(=O)CCCN1C[C@H](O)C[C@H]1c1cc(F)ccc1F. The lowest BCUT2D eigenvalue weighted by atomic mass is 10.0. The van der Waals surface area contributed by atoms with E-state index in [0.717, 1.165) is 24.5 Å². The van der Waals surface area contributed by atoms with Gasteiger partial charge in [0, 0.05) is 24.4 Å². The van der Waals surface area contributed by atoms with Gasteiger partial charge in [0.2, 0.25) is 0 Å². The number of aliphatic hydroxyl groups is 1. The average molecular weight is 319 g/mol. The fraction of sp³-hybridized carbons (Fsp3) is 0.571. The number of hydrogen-bond donors (Lipinski definition) is 1. The molecule has 1 aromatic rings. The van der Waals surface area contributed by atoms with E-state index in [1.165, 1.54) is 0 Å². The van der Waals surface area contributed by atoms with Crippen LogP contribution in [-0.2, 0) is 9.84 Å². The molecule has 1 aliphatic heterocycles. The fourth-order valence-corrected chi connectivity index (χ4v) is 3.40. The van der Waals surface area contributed by atoms with Crippen molar-refractivity contribution < 1.29 is 22.3 Å². The minimum atomic E-state index is -3.05. The second kappa shape index (κ2) is 6.37. The Bertz CT molecular complexity index is 606. The molecule has 0 aliphatic carbocycles. The lowest BCUT2D eigenvalue weighted by Gasteiger charge is -2.24. The van der Waals surface area contributed by atoms with Crippen LogP contribution in [0.2, 0.25) is 0 Å². The molecular formula is C14H19F2NO3S. The highest BCUT2D eigenvalue weighted by Gasteiger charge is 2.33. The Balaban J connectivity index is 2.11. The predicted octanol–water partition coefficient (Wildman–Crippen LogP) is 1.51. The van der Waals surface area contributed by atoms with Crippen molar-refractivity contribution >= 4 is 9.84 Å². The summed E-state index contributed by atoms with van der Waals surface area (Å²) in [6.45, 7) is 0.759. The van der Waals surface area contributed by atoms with E-state index in [1.54, 1.807) is 0 Å². The van der Waals surface area contributed by atoms with Crippen LogP contribution in [0.3, 0.4) is 0 Å². The molecule has 4 nitrogen and oxygen atoms in total. The van der Waals surface area contributed by atoms with Crippen molar-refractivity contribution in [3.05, 3.63) is 35.4 Å². The third-order valence-electron chi connectivity index (χ3n) is 3.66. The molecule has 1 heterocycles. The molecule has 21 heavy (non-hydrogen) atoms. The van der Waals surface area contributed by atoms with Gasteiger partial charge in [-0.3, -0.25) is 4.90 Å². The molecule has 0 radical (unpaired) electrons. The number of aliphatic hydroxyl groups excluding tert-OH is 1. The zero-order valence-electron chi connectivity index (χ0n) is 11.8. The number of likely N-dealkylation sites (tertiary alicyclic amines) is 1. The van der Waals surface area contributed by atoms with Gasteiger partial charge in [-0.2, -0.15) is 0 Å². The largest absolute Gasteiger partial charge is 0.392 e. The molecular weight excluding hydrogens is 300 g/mol. The highest BCUT2D eigenvalue weighted by atomic mass is 32.2. The first kappa shape index (κ1) is 16.3. The van der Waals surface area contributed by atoms with E-state index in [0.29, 0.717) is 25.9 Å². The van der Waals surface area contributed by atoms with Crippen LogP contribution in [0.4, 0.5) is 8.78 Å². The Morgan fingerprint density at radius 3 is 2.76 bits per heavy atom. The Labute approximate surface area is 123 Å². The van der Waals surface area contributed by atoms with Crippen LogP contribution in [0.5, 0.6) is 0 Å². The van der Waals surface area contributed by atoms with Crippen LogP contribution < -0.4 is 0 Å². The number of β-amino-alcohol motifs (C(OH)–C–C–N with tert-alkyl or cyclic N) is 1. The van der Waals surface area contributed by atoms with Gasteiger partial charge in [-0.1, -0.05) is 0 Å². The highest BCUT2D eigenvalue weighted by molar-refractivity contribution is 7.90. The Morgan fingerprint density at radius 2 is 2.10 bits per heavy atom. The van der Waals surface area contributed by atoms with E-state index in [-0.39, 0.29) is 11.3 Å². The molecule has 1 aromatic carbocycles.